The van der Waals surface area contributed by atoms with Crippen LogP contribution in [0.5, 0.6) is 0 Å². The summed E-state index contributed by atoms with van der Waals surface area (Å²) in [6, 6.07) is 25.0. The van der Waals surface area contributed by atoms with Crippen LogP contribution in [-0.2, 0) is 6.54 Å². The van der Waals surface area contributed by atoms with Crippen LogP contribution in [0.1, 0.15) is 80.0 Å². The number of imidazole rings is 1. The van der Waals surface area contributed by atoms with Crippen molar-refractivity contribution < 1.29 is 9.18 Å². The van der Waals surface area contributed by atoms with Crippen LogP contribution in [0.2, 0.25) is 0 Å². The van der Waals surface area contributed by atoms with E-state index >= 15 is 0 Å². The summed E-state index contributed by atoms with van der Waals surface area (Å²) < 4.78 is 17.3. The van der Waals surface area contributed by atoms with Gasteiger partial charge in [-0.2, -0.15) is 0 Å². The Bertz CT molecular complexity index is 2450. The number of H-pyrrole nitrogens is 1. The molecular formula is C44H47FN8O3. The third-order valence-corrected chi connectivity index (χ3v) is 12.2. The molecule has 6 aromatic rings. The molecule has 0 bridgehead atoms. The molecular weight excluding hydrogens is 708 g/mol. The number of carbonyl (C=O) groups is 1. The number of halogens is 1. The zero-order valence-electron chi connectivity index (χ0n) is 31.5. The highest BCUT2D eigenvalue weighted by Crippen LogP contribution is 2.29. The number of pyridine rings is 1. The summed E-state index contributed by atoms with van der Waals surface area (Å²) in [6.07, 6.45) is 9.64. The Morgan fingerprint density at radius 3 is 2.34 bits per heavy atom. The molecule has 0 radical (unpaired) electrons. The molecule has 3 fully saturated rings. The zero-order chi connectivity index (χ0) is 38.2. The molecule has 1 aliphatic carbocycles. The number of piperidine rings is 2. The number of hydrogen-bond donors (Lipinski definition) is 2. The average Bonchev–Trinajstić information content (AvgIpc) is 3.68. The number of aromatic nitrogens is 5. The number of amides is 1. The highest BCUT2D eigenvalue weighted by molar-refractivity contribution is 5.94. The van der Waals surface area contributed by atoms with Crippen molar-refractivity contribution >= 4 is 28.0 Å². The Morgan fingerprint density at radius 1 is 0.804 bits per heavy atom. The van der Waals surface area contributed by atoms with Crippen LogP contribution < -0.4 is 16.6 Å². The number of hydrogen-bond acceptors (Lipinski definition) is 7. The van der Waals surface area contributed by atoms with Gasteiger partial charge >= 0.3 is 5.69 Å². The third-order valence-electron chi connectivity index (χ3n) is 12.2. The fourth-order valence-electron chi connectivity index (χ4n) is 9.14. The molecule has 0 atom stereocenters. The summed E-state index contributed by atoms with van der Waals surface area (Å²) in [5.41, 5.74) is 4.26. The lowest BCUT2D eigenvalue weighted by atomic mass is 9.91. The van der Waals surface area contributed by atoms with E-state index in [1.165, 1.54) is 59.9 Å². The van der Waals surface area contributed by atoms with Crippen molar-refractivity contribution in [2.24, 2.45) is 0 Å². The van der Waals surface area contributed by atoms with Gasteiger partial charge in [-0.1, -0.05) is 55.0 Å². The Labute approximate surface area is 324 Å². The second kappa shape index (κ2) is 15.6. The lowest BCUT2D eigenvalue weighted by Gasteiger charge is -2.40. The lowest BCUT2D eigenvalue weighted by molar-refractivity contribution is 0.0896. The fraction of sp³-hybridized carbons (Fsp3) is 0.386. The standard InChI is InChI=1S/C44H47FN8O3/c45-32-26-37-41(46-27-32)52(44(56)53(43(37)55)35-17-15-33(16-18-35)47-42(54)40-48-38-9-2-3-10-39(38)49-40)36-8-6-7-31(25-36)30-13-11-29(12-14-30)28-50-23-19-34(20-24-50)51-21-4-1-5-22-51/h2-3,6-14,25-27,33-35H,1,4-5,15-24,28H2,(H,47,54)(H,48,49)/t33-,35+. The minimum absolute atomic E-state index is 0.0413. The number of likely N-dealkylation sites (tertiary alicyclic amines) is 2. The van der Waals surface area contributed by atoms with E-state index < -0.39 is 23.1 Å². The van der Waals surface area contributed by atoms with Crippen LogP contribution in [-0.4, -0.2) is 78.1 Å². The number of para-hydroxylation sites is 2. The summed E-state index contributed by atoms with van der Waals surface area (Å²) in [5, 5.41) is 3.10. The SMILES string of the molecule is O=C(N[C@H]1CC[C@@H](n2c(=O)c3cc(F)cnc3n(-c3cccc(-c4ccc(CN5CCC(N6CCCCC6)CC5)cc4)c3)c2=O)CC1)c1nc2ccccc2[nH]1. The Hall–Kier alpha value is -5.46. The van der Waals surface area contributed by atoms with Gasteiger partial charge in [-0.15, -0.1) is 0 Å². The first kappa shape index (κ1) is 36.2. The predicted octanol–water partition coefficient (Wildman–Crippen LogP) is 6.59. The molecule has 12 heteroatoms. The van der Waals surface area contributed by atoms with Crippen LogP contribution in [0.15, 0.2) is 94.6 Å². The number of nitrogens with one attached hydrogen (secondary N) is 2. The number of aromatic amines is 1. The summed E-state index contributed by atoms with van der Waals surface area (Å²) in [4.78, 5) is 58.4. The molecule has 11 nitrogen and oxygen atoms in total. The summed E-state index contributed by atoms with van der Waals surface area (Å²) >= 11 is 0. The second-order valence-corrected chi connectivity index (χ2v) is 15.8. The monoisotopic (exact) mass is 754 g/mol. The van der Waals surface area contributed by atoms with Crippen LogP contribution in [0.3, 0.4) is 0 Å². The molecule has 0 spiro atoms. The normalized spacial score (nSPS) is 20.1. The van der Waals surface area contributed by atoms with Gasteiger partial charge in [-0.3, -0.25) is 19.1 Å². The molecule has 56 heavy (non-hydrogen) atoms. The molecule has 2 N–H and O–H groups in total. The molecule has 3 aromatic heterocycles. The summed E-state index contributed by atoms with van der Waals surface area (Å²) in [7, 11) is 0. The fourth-order valence-corrected chi connectivity index (χ4v) is 9.14. The smallest absolute Gasteiger partial charge is 0.337 e. The molecule has 3 aliphatic rings. The van der Waals surface area contributed by atoms with Crippen molar-refractivity contribution in [3.8, 4) is 16.8 Å². The highest BCUT2D eigenvalue weighted by Gasteiger charge is 2.29. The second-order valence-electron chi connectivity index (χ2n) is 15.8. The molecule has 3 aromatic carbocycles. The number of nitrogens with zero attached hydrogens (tertiary/aromatic N) is 6. The first-order valence-corrected chi connectivity index (χ1v) is 20.1. The summed E-state index contributed by atoms with van der Waals surface area (Å²) in [6.45, 7) is 5.68. The number of carbonyl (C=O) groups excluding carboxylic acids is 1. The predicted molar refractivity (Wildman–Crippen MR) is 216 cm³/mol. The van der Waals surface area contributed by atoms with Gasteiger partial charge in [0.25, 0.3) is 11.5 Å². The van der Waals surface area contributed by atoms with E-state index in [2.05, 4.69) is 54.3 Å². The van der Waals surface area contributed by atoms with Crippen LogP contribution >= 0.6 is 0 Å². The van der Waals surface area contributed by atoms with Gasteiger partial charge in [0.1, 0.15) is 5.82 Å². The first-order valence-electron chi connectivity index (χ1n) is 20.1. The molecule has 1 saturated carbocycles. The van der Waals surface area contributed by atoms with Gasteiger partial charge in [0, 0.05) is 24.7 Å². The van der Waals surface area contributed by atoms with Crippen molar-refractivity contribution in [2.75, 3.05) is 26.2 Å². The quantitative estimate of drug-likeness (QED) is 0.180. The largest absolute Gasteiger partial charge is 0.347 e. The molecule has 2 aliphatic heterocycles. The van der Waals surface area contributed by atoms with Crippen molar-refractivity contribution in [1.82, 2.24) is 39.2 Å². The van der Waals surface area contributed by atoms with Gasteiger partial charge in [-0.05, 0) is 125 Å². The van der Waals surface area contributed by atoms with Crippen LogP contribution in [0.25, 0.3) is 38.9 Å². The van der Waals surface area contributed by atoms with Crippen molar-refractivity contribution in [3.05, 3.63) is 123 Å². The Kier molecular flexibility index (Phi) is 10.1. The van der Waals surface area contributed by atoms with Crippen molar-refractivity contribution in [3.63, 3.8) is 0 Å². The van der Waals surface area contributed by atoms with E-state index in [-0.39, 0.29) is 28.8 Å². The zero-order valence-corrected chi connectivity index (χ0v) is 31.5. The van der Waals surface area contributed by atoms with Gasteiger partial charge in [0.05, 0.1) is 28.3 Å². The molecule has 288 valence electrons. The maximum Gasteiger partial charge on any atom is 0.337 e. The average molecular weight is 755 g/mol. The summed E-state index contributed by atoms with van der Waals surface area (Å²) in [5.74, 6) is -0.703. The highest BCUT2D eigenvalue weighted by atomic mass is 19.1. The van der Waals surface area contributed by atoms with E-state index in [1.807, 2.05) is 48.5 Å². The number of benzene rings is 3. The van der Waals surface area contributed by atoms with E-state index in [4.69, 9.17) is 0 Å². The number of rotatable bonds is 8. The Morgan fingerprint density at radius 2 is 1.57 bits per heavy atom. The van der Waals surface area contributed by atoms with E-state index in [0.29, 0.717) is 36.9 Å². The molecule has 9 rings (SSSR count). The van der Waals surface area contributed by atoms with Gasteiger partial charge in [0.15, 0.2) is 11.5 Å². The molecule has 2 saturated heterocycles. The molecule has 1 amide bonds. The van der Waals surface area contributed by atoms with Crippen molar-refractivity contribution in [1.29, 1.82) is 0 Å². The van der Waals surface area contributed by atoms with Gasteiger partial charge < -0.3 is 15.2 Å². The van der Waals surface area contributed by atoms with Crippen molar-refractivity contribution in [2.45, 2.75) is 82.5 Å². The third kappa shape index (κ3) is 7.31. The van der Waals surface area contributed by atoms with Crippen LogP contribution in [0.4, 0.5) is 4.39 Å². The minimum atomic E-state index is -0.649. The maximum atomic E-state index is 14.6. The Balaban J connectivity index is 0.922. The number of fused-ring (bicyclic) bond motifs is 2. The molecule has 5 heterocycles. The maximum absolute atomic E-state index is 14.6. The van der Waals surface area contributed by atoms with E-state index in [9.17, 15) is 18.8 Å². The van der Waals surface area contributed by atoms with Gasteiger partial charge in [-0.25, -0.2) is 23.7 Å². The van der Waals surface area contributed by atoms with E-state index in [1.54, 1.807) is 0 Å². The van der Waals surface area contributed by atoms with Crippen LogP contribution in [0, 0.1) is 5.82 Å². The van der Waals surface area contributed by atoms with Gasteiger partial charge in [0.2, 0.25) is 0 Å². The first-order chi connectivity index (χ1) is 27.4. The topological polar surface area (TPSA) is 121 Å². The molecule has 0 unspecified atom stereocenters. The minimum Gasteiger partial charge on any atom is -0.347 e. The lowest BCUT2D eigenvalue weighted by Crippen LogP contribution is -2.46. The van der Waals surface area contributed by atoms with E-state index in [0.717, 1.165) is 54.6 Å².